The first-order chi connectivity index (χ1) is 8.20. The molecule has 17 heavy (non-hydrogen) atoms. The molecule has 0 spiro atoms. The summed E-state index contributed by atoms with van der Waals surface area (Å²) in [5.74, 6) is 0. The zero-order valence-corrected chi connectivity index (χ0v) is 11.8. The molecule has 0 aliphatic heterocycles. The number of aromatic nitrogens is 1. The number of rotatable bonds is 6. The predicted molar refractivity (Wildman–Crippen MR) is 71.6 cm³/mol. The maximum absolute atomic E-state index is 5.78. The molecular formula is C13H22N2OS. The Morgan fingerprint density at radius 2 is 2.35 bits per heavy atom. The van der Waals surface area contributed by atoms with Crippen LogP contribution >= 0.6 is 11.3 Å². The molecule has 0 radical (unpaired) electrons. The molecule has 1 heterocycles. The number of hydrogen-bond donors (Lipinski definition) is 1. The molecule has 0 bridgehead atoms. The van der Waals surface area contributed by atoms with Gasteiger partial charge in [-0.2, -0.15) is 0 Å². The van der Waals surface area contributed by atoms with E-state index in [9.17, 15) is 0 Å². The molecule has 3 nitrogen and oxygen atoms in total. The summed E-state index contributed by atoms with van der Waals surface area (Å²) in [5.41, 5.74) is 1.25. The van der Waals surface area contributed by atoms with Gasteiger partial charge >= 0.3 is 0 Å². The Hall–Kier alpha value is -0.450. The van der Waals surface area contributed by atoms with Crippen molar-refractivity contribution in [1.29, 1.82) is 0 Å². The van der Waals surface area contributed by atoms with Crippen LogP contribution in [0.25, 0.3) is 0 Å². The van der Waals surface area contributed by atoms with Crippen LogP contribution in [0.1, 0.15) is 36.9 Å². The van der Waals surface area contributed by atoms with Crippen LogP contribution in [0.2, 0.25) is 0 Å². The highest BCUT2D eigenvalue weighted by molar-refractivity contribution is 7.09. The third-order valence-corrected chi connectivity index (χ3v) is 4.59. The van der Waals surface area contributed by atoms with Crippen LogP contribution < -0.4 is 5.32 Å². The van der Waals surface area contributed by atoms with E-state index in [0.29, 0.717) is 6.04 Å². The van der Waals surface area contributed by atoms with E-state index in [2.05, 4.69) is 29.5 Å². The molecule has 0 amide bonds. The van der Waals surface area contributed by atoms with E-state index in [-0.39, 0.29) is 5.60 Å². The number of aryl methyl sites for hydroxylation is 1. The van der Waals surface area contributed by atoms with E-state index in [0.717, 1.165) is 18.0 Å². The van der Waals surface area contributed by atoms with Gasteiger partial charge in [-0.25, -0.2) is 4.98 Å². The monoisotopic (exact) mass is 254 g/mol. The highest BCUT2D eigenvalue weighted by Gasteiger charge is 2.44. The van der Waals surface area contributed by atoms with Crippen LogP contribution in [0.5, 0.6) is 0 Å². The second-order valence-corrected chi connectivity index (χ2v) is 5.86. The van der Waals surface area contributed by atoms with Gasteiger partial charge < -0.3 is 10.1 Å². The highest BCUT2D eigenvalue weighted by Crippen LogP contribution is 2.39. The van der Waals surface area contributed by atoms with Crippen LogP contribution in [-0.2, 0) is 11.2 Å². The summed E-state index contributed by atoms with van der Waals surface area (Å²) in [5, 5.41) is 6.89. The lowest BCUT2D eigenvalue weighted by Gasteiger charge is -2.46. The number of likely N-dealkylation sites (N-methyl/N-ethyl adjacent to an activating group) is 1. The van der Waals surface area contributed by atoms with Gasteiger partial charge in [-0.3, -0.25) is 0 Å². The minimum Gasteiger partial charge on any atom is -0.377 e. The van der Waals surface area contributed by atoms with E-state index in [1.54, 1.807) is 11.3 Å². The van der Waals surface area contributed by atoms with Crippen molar-refractivity contribution in [3.63, 3.8) is 0 Å². The van der Waals surface area contributed by atoms with E-state index < -0.39 is 0 Å². The molecule has 0 aromatic carbocycles. The predicted octanol–water partition coefficient (Wildman–Crippen LogP) is 2.54. The lowest BCUT2D eigenvalue weighted by Crippen LogP contribution is -2.57. The third kappa shape index (κ3) is 2.69. The number of nitrogens with one attached hydrogen (secondary N) is 1. The van der Waals surface area contributed by atoms with E-state index in [1.807, 2.05) is 7.11 Å². The van der Waals surface area contributed by atoms with Gasteiger partial charge in [0.05, 0.1) is 16.3 Å². The van der Waals surface area contributed by atoms with Crippen molar-refractivity contribution >= 4 is 11.3 Å². The molecule has 96 valence electrons. The highest BCUT2D eigenvalue weighted by atomic mass is 32.1. The van der Waals surface area contributed by atoms with Gasteiger partial charge in [0.2, 0.25) is 0 Å². The first-order valence-corrected chi connectivity index (χ1v) is 7.27. The molecule has 1 N–H and O–H groups in total. The van der Waals surface area contributed by atoms with Crippen LogP contribution in [0, 0.1) is 6.92 Å². The summed E-state index contributed by atoms with van der Waals surface area (Å²) in [6.45, 7) is 5.20. The number of nitrogens with zero attached hydrogens (tertiary/aromatic N) is 1. The summed E-state index contributed by atoms with van der Waals surface area (Å²) < 4.78 is 5.78. The number of methoxy groups -OCH3 is 1. The van der Waals surface area contributed by atoms with Gasteiger partial charge in [-0.1, -0.05) is 6.92 Å². The number of hydrogen-bond acceptors (Lipinski definition) is 4. The normalized spacial score (nSPS) is 19.9. The van der Waals surface area contributed by atoms with Crippen LogP contribution in [-0.4, -0.2) is 30.3 Å². The van der Waals surface area contributed by atoms with E-state index in [1.165, 1.54) is 25.0 Å². The molecule has 1 aliphatic carbocycles. The lowest BCUT2D eigenvalue weighted by atomic mass is 9.73. The topological polar surface area (TPSA) is 34.2 Å². The Bertz CT molecular complexity index is 355. The molecule has 1 saturated carbocycles. The maximum atomic E-state index is 5.78. The van der Waals surface area contributed by atoms with Crippen molar-refractivity contribution < 1.29 is 4.74 Å². The Balaban J connectivity index is 2.06. The molecule has 0 saturated heterocycles. The van der Waals surface area contributed by atoms with Crippen molar-refractivity contribution in [2.45, 2.75) is 51.2 Å². The summed E-state index contributed by atoms with van der Waals surface area (Å²) >= 11 is 1.73. The molecular weight excluding hydrogens is 232 g/mol. The lowest BCUT2D eigenvalue weighted by molar-refractivity contribution is -0.0979. The molecule has 1 unspecified atom stereocenters. The summed E-state index contributed by atoms with van der Waals surface area (Å²) in [4.78, 5) is 4.56. The first-order valence-electron chi connectivity index (χ1n) is 6.40. The fourth-order valence-corrected chi connectivity index (χ4v) is 3.25. The van der Waals surface area contributed by atoms with E-state index >= 15 is 0 Å². The van der Waals surface area contributed by atoms with Gasteiger partial charge in [0, 0.05) is 25.0 Å². The van der Waals surface area contributed by atoms with Crippen molar-refractivity contribution in [3.8, 4) is 0 Å². The Kier molecular flexibility index (Phi) is 4.17. The van der Waals surface area contributed by atoms with Crippen molar-refractivity contribution in [2.24, 2.45) is 0 Å². The smallest absolute Gasteiger partial charge is 0.0897 e. The van der Waals surface area contributed by atoms with E-state index in [4.69, 9.17) is 4.74 Å². The van der Waals surface area contributed by atoms with Gasteiger partial charge in [0.1, 0.15) is 0 Å². The minimum absolute atomic E-state index is 0.0491. The Labute approximate surface area is 108 Å². The van der Waals surface area contributed by atoms with Gasteiger partial charge in [-0.15, -0.1) is 11.3 Å². The minimum atomic E-state index is 0.0491. The summed E-state index contributed by atoms with van der Waals surface area (Å²) in [6.07, 6.45) is 4.60. The second kappa shape index (κ2) is 5.46. The molecule has 1 aromatic heterocycles. The fourth-order valence-electron chi connectivity index (χ4n) is 2.62. The van der Waals surface area contributed by atoms with Crippen LogP contribution in [0.3, 0.4) is 0 Å². The molecule has 1 atom stereocenters. The zero-order valence-electron chi connectivity index (χ0n) is 11.0. The molecule has 2 rings (SSSR count). The number of ether oxygens (including phenoxy) is 1. The third-order valence-electron chi connectivity index (χ3n) is 3.77. The fraction of sp³-hybridized carbons (Fsp3) is 0.769. The average Bonchev–Trinajstić information content (AvgIpc) is 2.63. The van der Waals surface area contributed by atoms with Crippen molar-refractivity contribution in [3.05, 3.63) is 16.1 Å². The van der Waals surface area contributed by atoms with Gasteiger partial charge in [0.25, 0.3) is 0 Å². The van der Waals surface area contributed by atoms with Crippen LogP contribution in [0.15, 0.2) is 5.38 Å². The quantitative estimate of drug-likeness (QED) is 0.847. The maximum Gasteiger partial charge on any atom is 0.0897 e. The Morgan fingerprint density at radius 1 is 1.59 bits per heavy atom. The van der Waals surface area contributed by atoms with Gasteiger partial charge in [0.15, 0.2) is 0 Å². The number of thiazole rings is 1. The average molecular weight is 254 g/mol. The first kappa shape index (κ1) is 13.0. The summed E-state index contributed by atoms with van der Waals surface area (Å²) in [7, 11) is 1.84. The SMILES string of the molecule is CCNC(Cc1csc(C)n1)C1(OC)CCC1. The summed E-state index contributed by atoms with van der Waals surface area (Å²) in [6, 6.07) is 0.396. The van der Waals surface area contributed by atoms with Crippen molar-refractivity contribution in [2.75, 3.05) is 13.7 Å². The Morgan fingerprint density at radius 3 is 2.76 bits per heavy atom. The molecule has 1 aliphatic rings. The standard InChI is InChI=1S/C13H22N2OS/c1-4-14-12(13(16-3)6-5-7-13)8-11-9-17-10(2)15-11/h9,12,14H,4-8H2,1-3H3. The van der Waals surface area contributed by atoms with Crippen molar-refractivity contribution in [1.82, 2.24) is 10.3 Å². The molecule has 1 fully saturated rings. The second-order valence-electron chi connectivity index (χ2n) is 4.79. The van der Waals surface area contributed by atoms with Crippen LogP contribution in [0.4, 0.5) is 0 Å². The molecule has 1 aromatic rings. The van der Waals surface area contributed by atoms with Gasteiger partial charge in [-0.05, 0) is 32.7 Å². The molecule has 4 heteroatoms. The largest absolute Gasteiger partial charge is 0.377 e. The zero-order chi connectivity index (χ0) is 12.3.